The molecule has 60 valence electrons. The summed E-state index contributed by atoms with van der Waals surface area (Å²) < 4.78 is 0. The van der Waals surface area contributed by atoms with Crippen LogP contribution in [0.4, 0.5) is 0 Å². The number of rotatable bonds is 2. The maximum absolute atomic E-state index is 3.42. The van der Waals surface area contributed by atoms with Crippen LogP contribution in [0.2, 0.25) is 0 Å². The molecular formula is C9H12BrS+. The van der Waals surface area contributed by atoms with Gasteiger partial charge in [0.25, 0.3) is 0 Å². The molecule has 2 heteroatoms. The minimum Gasteiger partial charge on any atom is -0.0876 e. The summed E-state index contributed by atoms with van der Waals surface area (Å²) in [6.45, 7) is 0. The Morgan fingerprint density at radius 1 is 1.18 bits per heavy atom. The van der Waals surface area contributed by atoms with Crippen molar-refractivity contribution in [2.75, 3.05) is 12.5 Å². The van der Waals surface area contributed by atoms with Crippen LogP contribution in [0.1, 0.15) is 5.56 Å². The third-order valence-corrected chi connectivity index (χ3v) is 3.41. The predicted octanol–water partition coefficient (Wildman–Crippen LogP) is 2.82. The molecule has 0 aromatic heterocycles. The Kier molecular flexibility index (Phi) is 3.46. The maximum Gasteiger partial charge on any atom is 0.154 e. The van der Waals surface area contributed by atoms with Gasteiger partial charge >= 0.3 is 0 Å². The lowest BCUT2D eigenvalue weighted by atomic mass is 10.2. The van der Waals surface area contributed by atoms with Crippen LogP contribution in [0, 0.1) is 0 Å². The molecule has 0 radical (unpaired) electrons. The van der Waals surface area contributed by atoms with E-state index in [1.807, 2.05) is 0 Å². The molecule has 0 amide bonds. The second kappa shape index (κ2) is 4.17. The van der Waals surface area contributed by atoms with Crippen molar-refractivity contribution in [3.8, 4) is 0 Å². The highest BCUT2D eigenvalue weighted by atomic mass is 79.9. The van der Waals surface area contributed by atoms with E-state index in [0.717, 1.165) is 5.33 Å². The molecule has 0 saturated heterocycles. The average molecular weight is 232 g/mol. The van der Waals surface area contributed by atoms with Crippen molar-refractivity contribution < 1.29 is 0 Å². The van der Waals surface area contributed by atoms with E-state index >= 15 is 0 Å². The van der Waals surface area contributed by atoms with Crippen LogP contribution in [0.3, 0.4) is 0 Å². The number of hydrogen-bond donors (Lipinski definition) is 0. The van der Waals surface area contributed by atoms with Crippen LogP contribution in [0.15, 0.2) is 29.2 Å². The van der Waals surface area contributed by atoms with Crippen LogP contribution < -0.4 is 0 Å². The molecule has 0 aliphatic rings. The topological polar surface area (TPSA) is 0 Å². The maximum atomic E-state index is 3.42. The van der Waals surface area contributed by atoms with Gasteiger partial charge in [0, 0.05) is 16.2 Å². The molecule has 0 spiro atoms. The molecule has 0 fully saturated rings. The van der Waals surface area contributed by atoms with Crippen LogP contribution in [0.25, 0.3) is 0 Å². The van der Waals surface area contributed by atoms with Gasteiger partial charge in [0.05, 0.1) is 0 Å². The van der Waals surface area contributed by atoms with E-state index in [0.29, 0.717) is 10.9 Å². The predicted molar refractivity (Wildman–Crippen MR) is 56.6 cm³/mol. The fourth-order valence-corrected chi connectivity index (χ4v) is 1.90. The molecule has 0 aliphatic carbocycles. The Labute approximate surface area is 79.5 Å². The van der Waals surface area contributed by atoms with Crippen LogP contribution in [-0.2, 0) is 16.2 Å². The van der Waals surface area contributed by atoms with E-state index < -0.39 is 0 Å². The third-order valence-electron chi connectivity index (χ3n) is 1.55. The Bertz CT molecular complexity index is 216. The van der Waals surface area contributed by atoms with Crippen molar-refractivity contribution in [2.24, 2.45) is 0 Å². The Balaban J connectivity index is 2.83. The van der Waals surface area contributed by atoms with Crippen molar-refractivity contribution in [3.63, 3.8) is 0 Å². The van der Waals surface area contributed by atoms with Gasteiger partial charge in [0.1, 0.15) is 12.5 Å². The smallest absolute Gasteiger partial charge is 0.0876 e. The van der Waals surface area contributed by atoms with Crippen LogP contribution in [-0.4, -0.2) is 12.5 Å². The highest BCUT2D eigenvalue weighted by Gasteiger charge is 2.05. The summed E-state index contributed by atoms with van der Waals surface area (Å²) in [4.78, 5) is 1.44. The van der Waals surface area contributed by atoms with E-state index in [1.54, 1.807) is 0 Å². The summed E-state index contributed by atoms with van der Waals surface area (Å²) in [7, 11) is 0.395. The summed E-state index contributed by atoms with van der Waals surface area (Å²) in [5.74, 6) is 0. The molecule has 11 heavy (non-hydrogen) atoms. The van der Waals surface area contributed by atoms with E-state index in [2.05, 4.69) is 52.7 Å². The lowest BCUT2D eigenvalue weighted by molar-refractivity contribution is 1.35. The standard InChI is InChI=1S/C9H12BrS/c1-11(2)9-5-3-8(7-10)4-6-9/h3-6H,7H2,1-2H3/q+1. The largest absolute Gasteiger partial charge is 0.154 e. The SMILES string of the molecule is C[S+](C)c1ccc(CBr)cc1. The van der Waals surface area contributed by atoms with Gasteiger partial charge in [-0.1, -0.05) is 28.1 Å². The van der Waals surface area contributed by atoms with Gasteiger partial charge in [-0.15, -0.1) is 0 Å². The molecule has 1 aromatic rings. The summed E-state index contributed by atoms with van der Waals surface area (Å²) in [6, 6.07) is 8.77. The molecule has 0 heterocycles. The zero-order chi connectivity index (χ0) is 8.27. The Morgan fingerprint density at radius 3 is 2.09 bits per heavy atom. The van der Waals surface area contributed by atoms with E-state index in [9.17, 15) is 0 Å². The quantitative estimate of drug-likeness (QED) is 0.543. The first-order valence-corrected chi connectivity index (χ1v) is 6.63. The van der Waals surface area contributed by atoms with Crippen molar-refractivity contribution in [1.29, 1.82) is 0 Å². The van der Waals surface area contributed by atoms with Crippen molar-refractivity contribution in [3.05, 3.63) is 29.8 Å². The van der Waals surface area contributed by atoms with E-state index in [4.69, 9.17) is 0 Å². The lowest BCUT2D eigenvalue weighted by Gasteiger charge is -1.97. The minimum absolute atomic E-state index is 0.395. The second-order valence-electron chi connectivity index (χ2n) is 2.59. The molecule has 0 N–H and O–H groups in total. The normalized spacial score (nSPS) is 10.5. The molecule has 1 rings (SSSR count). The van der Waals surface area contributed by atoms with Crippen LogP contribution in [0.5, 0.6) is 0 Å². The number of halogens is 1. The van der Waals surface area contributed by atoms with Crippen molar-refractivity contribution in [2.45, 2.75) is 10.2 Å². The molecule has 0 saturated carbocycles. The van der Waals surface area contributed by atoms with Gasteiger partial charge in [-0.3, -0.25) is 0 Å². The molecule has 0 atom stereocenters. The molecule has 0 aliphatic heterocycles. The summed E-state index contributed by atoms with van der Waals surface area (Å²) in [5, 5.41) is 0.953. The first-order valence-electron chi connectivity index (χ1n) is 3.46. The van der Waals surface area contributed by atoms with Gasteiger partial charge in [0.2, 0.25) is 0 Å². The third kappa shape index (κ3) is 2.53. The number of alkyl halides is 1. The van der Waals surface area contributed by atoms with Gasteiger partial charge < -0.3 is 0 Å². The van der Waals surface area contributed by atoms with Gasteiger partial charge in [0.15, 0.2) is 4.90 Å². The Hall–Kier alpha value is 0.0500. The highest BCUT2D eigenvalue weighted by molar-refractivity contribution is 9.08. The molecule has 0 unspecified atom stereocenters. The zero-order valence-corrected chi connectivity index (χ0v) is 9.21. The monoisotopic (exact) mass is 231 g/mol. The first-order chi connectivity index (χ1) is 5.24. The molecule has 1 aromatic carbocycles. The summed E-state index contributed by atoms with van der Waals surface area (Å²) in [6.07, 6.45) is 4.48. The Morgan fingerprint density at radius 2 is 1.73 bits per heavy atom. The van der Waals surface area contributed by atoms with Crippen molar-refractivity contribution >= 4 is 26.8 Å². The lowest BCUT2D eigenvalue weighted by Crippen LogP contribution is -1.94. The number of hydrogen-bond acceptors (Lipinski definition) is 0. The highest BCUT2D eigenvalue weighted by Crippen LogP contribution is 2.12. The van der Waals surface area contributed by atoms with Crippen molar-refractivity contribution in [1.82, 2.24) is 0 Å². The molecule has 0 nitrogen and oxygen atoms in total. The molecule has 0 bridgehead atoms. The number of benzene rings is 1. The fourth-order valence-electron chi connectivity index (χ4n) is 0.851. The summed E-state index contributed by atoms with van der Waals surface area (Å²) in [5.41, 5.74) is 1.35. The minimum atomic E-state index is 0.395. The zero-order valence-electron chi connectivity index (χ0n) is 6.80. The average Bonchev–Trinajstić information content (AvgIpc) is 2.05. The van der Waals surface area contributed by atoms with E-state index in [-0.39, 0.29) is 0 Å². The van der Waals surface area contributed by atoms with Gasteiger partial charge in [-0.25, -0.2) is 0 Å². The first kappa shape index (κ1) is 9.14. The summed E-state index contributed by atoms with van der Waals surface area (Å²) >= 11 is 3.42. The van der Waals surface area contributed by atoms with E-state index in [1.165, 1.54) is 10.5 Å². The van der Waals surface area contributed by atoms with Gasteiger partial charge in [-0.05, 0) is 17.7 Å². The van der Waals surface area contributed by atoms with Gasteiger partial charge in [-0.2, -0.15) is 0 Å². The fraction of sp³-hybridized carbons (Fsp3) is 0.333. The second-order valence-corrected chi connectivity index (χ2v) is 5.26. The van der Waals surface area contributed by atoms with Crippen LogP contribution >= 0.6 is 15.9 Å². The molecular weight excluding hydrogens is 220 g/mol.